The zero-order valence-corrected chi connectivity index (χ0v) is 10.8. The first-order valence-electron chi connectivity index (χ1n) is 5.65. The van der Waals surface area contributed by atoms with E-state index in [1.807, 2.05) is 6.92 Å². The molecule has 0 radical (unpaired) electrons. The second kappa shape index (κ2) is 6.86. The van der Waals surface area contributed by atoms with Crippen LogP contribution < -0.4 is 9.47 Å². The SMILES string of the molecule is COCCC(C)Oc1cc(OC)ccc1C(=O)O. The quantitative estimate of drug-likeness (QED) is 0.808. The van der Waals surface area contributed by atoms with Gasteiger partial charge < -0.3 is 19.3 Å². The van der Waals surface area contributed by atoms with E-state index in [-0.39, 0.29) is 11.7 Å². The molecule has 100 valence electrons. The summed E-state index contributed by atoms with van der Waals surface area (Å²) in [6, 6.07) is 4.64. The highest BCUT2D eigenvalue weighted by Gasteiger charge is 2.14. The summed E-state index contributed by atoms with van der Waals surface area (Å²) < 4.78 is 15.6. The zero-order chi connectivity index (χ0) is 13.5. The molecule has 0 aliphatic rings. The van der Waals surface area contributed by atoms with Gasteiger partial charge in [0.05, 0.1) is 13.2 Å². The molecule has 5 heteroatoms. The van der Waals surface area contributed by atoms with Crippen molar-refractivity contribution >= 4 is 5.97 Å². The highest BCUT2D eigenvalue weighted by Crippen LogP contribution is 2.26. The topological polar surface area (TPSA) is 65.0 Å². The molecule has 0 spiro atoms. The van der Waals surface area contributed by atoms with Gasteiger partial charge in [-0.2, -0.15) is 0 Å². The highest BCUT2D eigenvalue weighted by atomic mass is 16.5. The number of carbonyl (C=O) groups is 1. The number of benzene rings is 1. The molecule has 0 bridgehead atoms. The molecule has 0 aliphatic carbocycles. The number of carboxylic acid groups (broad SMARTS) is 1. The van der Waals surface area contributed by atoms with Crippen molar-refractivity contribution in [1.29, 1.82) is 0 Å². The lowest BCUT2D eigenvalue weighted by atomic mass is 10.2. The molecule has 1 rings (SSSR count). The molecule has 5 nitrogen and oxygen atoms in total. The van der Waals surface area contributed by atoms with E-state index in [9.17, 15) is 4.79 Å². The van der Waals surface area contributed by atoms with E-state index in [0.717, 1.165) is 0 Å². The molecule has 0 saturated heterocycles. The van der Waals surface area contributed by atoms with Crippen LogP contribution in [-0.2, 0) is 4.74 Å². The van der Waals surface area contributed by atoms with Gasteiger partial charge in [-0.05, 0) is 19.1 Å². The maximum atomic E-state index is 11.1. The van der Waals surface area contributed by atoms with Gasteiger partial charge >= 0.3 is 5.97 Å². The average molecular weight is 254 g/mol. The Labute approximate surface area is 106 Å². The Kier molecular flexibility index (Phi) is 5.45. The molecule has 0 aromatic heterocycles. The minimum atomic E-state index is -1.02. The normalized spacial score (nSPS) is 11.9. The first-order valence-corrected chi connectivity index (χ1v) is 5.65. The number of aromatic carboxylic acids is 1. The molecule has 18 heavy (non-hydrogen) atoms. The summed E-state index contributed by atoms with van der Waals surface area (Å²) in [5.74, 6) is -0.147. The van der Waals surface area contributed by atoms with E-state index in [2.05, 4.69) is 0 Å². The number of hydrogen-bond acceptors (Lipinski definition) is 4. The Morgan fingerprint density at radius 2 is 2.11 bits per heavy atom. The number of methoxy groups -OCH3 is 2. The van der Waals surface area contributed by atoms with Crippen LogP contribution in [-0.4, -0.2) is 38.0 Å². The fourth-order valence-corrected chi connectivity index (χ4v) is 1.46. The van der Waals surface area contributed by atoms with Crippen LogP contribution in [0.15, 0.2) is 18.2 Å². The molecule has 1 unspecified atom stereocenters. The molecule has 1 aromatic rings. The number of hydrogen-bond donors (Lipinski definition) is 1. The molecule has 0 saturated carbocycles. The van der Waals surface area contributed by atoms with Crippen LogP contribution in [0.2, 0.25) is 0 Å². The van der Waals surface area contributed by atoms with Gasteiger partial charge in [-0.3, -0.25) is 0 Å². The smallest absolute Gasteiger partial charge is 0.339 e. The summed E-state index contributed by atoms with van der Waals surface area (Å²) in [4.78, 5) is 11.1. The minimum absolute atomic E-state index is 0.125. The molecule has 0 amide bonds. The Morgan fingerprint density at radius 3 is 2.67 bits per heavy atom. The number of ether oxygens (including phenoxy) is 3. The van der Waals surface area contributed by atoms with Gasteiger partial charge in [-0.15, -0.1) is 0 Å². The van der Waals surface area contributed by atoms with Crippen molar-refractivity contribution in [3.63, 3.8) is 0 Å². The summed E-state index contributed by atoms with van der Waals surface area (Å²) >= 11 is 0. The van der Waals surface area contributed by atoms with Crippen LogP contribution in [0.4, 0.5) is 0 Å². The fraction of sp³-hybridized carbons (Fsp3) is 0.462. The zero-order valence-electron chi connectivity index (χ0n) is 10.8. The molecule has 0 aliphatic heterocycles. The molecule has 0 heterocycles. The standard InChI is InChI=1S/C13H18O5/c1-9(6-7-16-2)18-12-8-10(17-3)4-5-11(12)13(14)15/h4-5,8-9H,6-7H2,1-3H3,(H,14,15). The van der Waals surface area contributed by atoms with Crippen molar-refractivity contribution in [2.75, 3.05) is 20.8 Å². The third kappa shape index (κ3) is 3.92. The monoisotopic (exact) mass is 254 g/mol. The van der Waals surface area contributed by atoms with E-state index in [0.29, 0.717) is 24.5 Å². The molecular weight excluding hydrogens is 236 g/mol. The summed E-state index contributed by atoms with van der Waals surface area (Å²) in [7, 11) is 3.13. The van der Waals surface area contributed by atoms with Crippen molar-refractivity contribution in [2.45, 2.75) is 19.4 Å². The Bertz CT molecular complexity index is 402. The van der Waals surface area contributed by atoms with E-state index in [1.165, 1.54) is 13.2 Å². The summed E-state index contributed by atoms with van der Waals surface area (Å²) in [6.07, 6.45) is 0.558. The van der Waals surface area contributed by atoms with Gasteiger partial charge in [0, 0.05) is 26.2 Å². The Morgan fingerprint density at radius 1 is 1.39 bits per heavy atom. The first-order chi connectivity index (χ1) is 8.58. The summed E-state index contributed by atoms with van der Waals surface area (Å²) in [5.41, 5.74) is 0.125. The summed E-state index contributed by atoms with van der Waals surface area (Å²) in [5, 5.41) is 9.07. The fourth-order valence-electron chi connectivity index (χ4n) is 1.46. The lowest BCUT2D eigenvalue weighted by Gasteiger charge is -2.16. The summed E-state index contributed by atoms with van der Waals surface area (Å²) in [6.45, 7) is 2.43. The Hall–Kier alpha value is -1.75. The van der Waals surface area contributed by atoms with Crippen LogP contribution >= 0.6 is 0 Å². The predicted octanol–water partition coefficient (Wildman–Crippen LogP) is 2.20. The van der Waals surface area contributed by atoms with Crippen LogP contribution in [0, 0.1) is 0 Å². The lowest BCUT2D eigenvalue weighted by Crippen LogP contribution is -2.16. The van der Waals surface area contributed by atoms with Crippen molar-refractivity contribution in [1.82, 2.24) is 0 Å². The van der Waals surface area contributed by atoms with Gasteiger partial charge in [-0.25, -0.2) is 4.79 Å². The second-order valence-electron chi connectivity index (χ2n) is 3.88. The largest absolute Gasteiger partial charge is 0.497 e. The maximum Gasteiger partial charge on any atom is 0.339 e. The first kappa shape index (κ1) is 14.3. The average Bonchev–Trinajstić information content (AvgIpc) is 2.35. The lowest BCUT2D eigenvalue weighted by molar-refractivity contribution is 0.0687. The van der Waals surface area contributed by atoms with E-state index in [4.69, 9.17) is 19.3 Å². The number of rotatable bonds is 7. The van der Waals surface area contributed by atoms with Crippen molar-refractivity contribution in [3.8, 4) is 11.5 Å². The van der Waals surface area contributed by atoms with Gasteiger partial charge in [0.2, 0.25) is 0 Å². The molecule has 1 aromatic carbocycles. The van der Waals surface area contributed by atoms with Gasteiger partial charge in [-0.1, -0.05) is 0 Å². The Balaban J connectivity index is 2.86. The van der Waals surface area contributed by atoms with Gasteiger partial charge in [0.15, 0.2) is 0 Å². The van der Waals surface area contributed by atoms with Crippen molar-refractivity contribution < 1.29 is 24.1 Å². The van der Waals surface area contributed by atoms with Crippen molar-refractivity contribution in [2.24, 2.45) is 0 Å². The minimum Gasteiger partial charge on any atom is -0.497 e. The van der Waals surface area contributed by atoms with E-state index >= 15 is 0 Å². The predicted molar refractivity (Wildman–Crippen MR) is 66.5 cm³/mol. The van der Waals surface area contributed by atoms with Gasteiger partial charge in [0.1, 0.15) is 17.1 Å². The van der Waals surface area contributed by atoms with E-state index in [1.54, 1.807) is 19.2 Å². The molecule has 1 N–H and O–H groups in total. The highest BCUT2D eigenvalue weighted by molar-refractivity contribution is 5.91. The number of carboxylic acids is 1. The molecular formula is C13H18O5. The van der Waals surface area contributed by atoms with Crippen molar-refractivity contribution in [3.05, 3.63) is 23.8 Å². The third-order valence-corrected chi connectivity index (χ3v) is 2.48. The van der Waals surface area contributed by atoms with Crippen LogP contribution in [0.25, 0.3) is 0 Å². The molecule has 0 fully saturated rings. The maximum absolute atomic E-state index is 11.1. The molecule has 1 atom stereocenters. The van der Waals surface area contributed by atoms with Crippen LogP contribution in [0.3, 0.4) is 0 Å². The van der Waals surface area contributed by atoms with E-state index < -0.39 is 5.97 Å². The third-order valence-electron chi connectivity index (χ3n) is 2.48. The van der Waals surface area contributed by atoms with Crippen LogP contribution in [0.5, 0.6) is 11.5 Å². The second-order valence-corrected chi connectivity index (χ2v) is 3.88. The van der Waals surface area contributed by atoms with Crippen LogP contribution in [0.1, 0.15) is 23.7 Å². The van der Waals surface area contributed by atoms with Gasteiger partial charge in [0.25, 0.3) is 0 Å².